The second-order valence-electron chi connectivity index (χ2n) is 4.68. The van der Waals surface area contributed by atoms with Crippen LogP contribution in [-0.4, -0.2) is 60.2 Å². The zero-order chi connectivity index (χ0) is 14.6. The molecule has 1 saturated heterocycles. The van der Waals surface area contributed by atoms with Crippen LogP contribution in [0.3, 0.4) is 0 Å². The number of nitrogens with two attached hydrogens (primary N) is 1. The van der Waals surface area contributed by atoms with Crippen molar-refractivity contribution < 1.29 is 13.6 Å². The second-order valence-corrected chi connectivity index (χ2v) is 6.37. The van der Waals surface area contributed by atoms with E-state index in [0.29, 0.717) is 32.5 Å². The largest absolute Gasteiger partial charge is 0.409 e. The number of amidine groups is 1. The number of nitrogens with one attached hydrogen (secondary N) is 2. The first kappa shape index (κ1) is 14.8. The number of hydrogen-bond acceptors (Lipinski definition) is 6. The molecular weight excluding hydrogens is 284 g/mol. The Morgan fingerprint density at radius 1 is 1.60 bits per heavy atom. The van der Waals surface area contributed by atoms with Crippen molar-refractivity contribution in [2.75, 3.05) is 19.6 Å². The van der Waals surface area contributed by atoms with Gasteiger partial charge in [-0.3, -0.25) is 10.00 Å². The summed E-state index contributed by atoms with van der Waals surface area (Å²) < 4.78 is 26.6. The van der Waals surface area contributed by atoms with E-state index in [1.54, 1.807) is 0 Å². The molecule has 0 radical (unpaired) electrons. The van der Waals surface area contributed by atoms with Crippen molar-refractivity contribution in [3.05, 3.63) is 12.3 Å². The first-order valence-electron chi connectivity index (χ1n) is 6.22. The number of aromatic amines is 1. The van der Waals surface area contributed by atoms with Crippen LogP contribution in [0.2, 0.25) is 0 Å². The molecule has 9 nitrogen and oxygen atoms in total. The Balaban J connectivity index is 1.86. The minimum absolute atomic E-state index is 0.0663. The van der Waals surface area contributed by atoms with Gasteiger partial charge in [0.1, 0.15) is 0 Å². The Morgan fingerprint density at radius 3 is 2.85 bits per heavy atom. The van der Waals surface area contributed by atoms with Crippen molar-refractivity contribution in [2.24, 2.45) is 10.9 Å². The van der Waals surface area contributed by atoms with E-state index in [0.717, 1.165) is 0 Å². The zero-order valence-corrected chi connectivity index (χ0v) is 11.7. The smallest absolute Gasteiger partial charge is 0.257 e. The maximum Gasteiger partial charge on any atom is 0.257 e. The Kier molecular flexibility index (Phi) is 4.57. The standard InChI is InChI=1S/C10H18N6O3S/c11-9(14-17)7-16-5-2-8(3-6-16)15-20(18,19)10-1-4-12-13-10/h1,4,8,15,17H,2-3,5-7H2,(H2,11,14)(H,12,13). The van der Waals surface area contributed by atoms with Gasteiger partial charge in [0.15, 0.2) is 10.9 Å². The summed E-state index contributed by atoms with van der Waals surface area (Å²) in [7, 11) is -3.54. The number of hydrogen-bond donors (Lipinski definition) is 4. The Bertz CT molecular complexity index is 548. The number of aromatic nitrogens is 2. The van der Waals surface area contributed by atoms with Gasteiger partial charge in [-0.15, -0.1) is 0 Å². The molecule has 1 fully saturated rings. The third-order valence-electron chi connectivity index (χ3n) is 3.19. The lowest BCUT2D eigenvalue weighted by molar-refractivity contribution is 0.228. The van der Waals surface area contributed by atoms with Crippen LogP contribution in [0.5, 0.6) is 0 Å². The average molecular weight is 302 g/mol. The monoisotopic (exact) mass is 302 g/mol. The van der Waals surface area contributed by atoms with Crippen molar-refractivity contribution in [1.29, 1.82) is 0 Å². The molecule has 0 aliphatic carbocycles. The lowest BCUT2D eigenvalue weighted by atomic mass is 10.1. The van der Waals surface area contributed by atoms with E-state index in [4.69, 9.17) is 10.9 Å². The minimum Gasteiger partial charge on any atom is -0.409 e. The first-order valence-corrected chi connectivity index (χ1v) is 7.70. The molecule has 1 aromatic heterocycles. The second kappa shape index (κ2) is 6.20. The fourth-order valence-corrected chi connectivity index (χ4v) is 3.36. The molecule has 5 N–H and O–H groups in total. The van der Waals surface area contributed by atoms with Crippen LogP contribution < -0.4 is 10.5 Å². The predicted molar refractivity (Wildman–Crippen MR) is 71.8 cm³/mol. The number of nitrogens with zero attached hydrogens (tertiary/aromatic N) is 3. The molecule has 2 rings (SSSR count). The van der Waals surface area contributed by atoms with Gasteiger partial charge in [-0.05, 0) is 18.9 Å². The molecule has 0 unspecified atom stereocenters. The van der Waals surface area contributed by atoms with Gasteiger partial charge < -0.3 is 10.9 Å². The minimum atomic E-state index is -3.54. The van der Waals surface area contributed by atoms with Crippen molar-refractivity contribution in [1.82, 2.24) is 19.8 Å². The fraction of sp³-hybridized carbons (Fsp3) is 0.600. The van der Waals surface area contributed by atoms with E-state index in [1.165, 1.54) is 12.3 Å². The van der Waals surface area contributed by atoms with Crippen LogP contribution in [-0.2, 0) is 10.0 Å². The zero-order valence-electron chi connectivity index (χ0n) is 10.9. The van der Waals surface area contributed by atoms with E-state index in [9.17, 15) is 8.42 Å². The van der Waals surface area contributed by atoms with E-state index in [2.05, 4.69) is 20.1 Å². The SMILES string of the molecule is NC(CN1CCC(NS(=O)(=O)c2ccn[nH]2)CC1)=NO. The van der Waals surface area contributed by atoms with Crippen molar-refractivity contribution in [3.63, 3.8) is 0 Å². The number of oxime groups is 1. The molecule has 10 heteroatoms. The molecule has 0 amide bonds. The summed E-state index contributed by atoms with van der Waals surface area (Å²) in [6, 6.07) is 1.29. The molecule has 1 aromatic rings. The van der Waals surface area contributed by atoms with E-state index < -0.39 is 10.0 Å². The molecule has 0 saturated carbocycles. The van der Waals surface area contributed by atoms with Crippen LogP contribution >= 0.6 is 0 Å². The van der Waals surface area contributed by atoms with Gasteiger partial charge in [-0.2, -0.15) is 5.10 Å². The van der Waals surface area contributed by atoms with Crippen LogP contribution in [0.15, 0.2) is 22.4 Å². The van der Waals surface area contributed by atoms with Gasteiger partial charge in [0, 0.05) is 19.1 Å². The first-order chi connectivity index (χ1) is 9.51. The highest BCUT2D eigenvalue weighted by Crippen LogP contribution is 2.13. The van der Waals surface area contributed by atoms with Gasteiger partial charge >= 0.3 is 0 Å². The molecule has 20 heavy (non-hydrogen) atoms. The topological polar surface area (TPSA) is 137 Å². The summed E-state index contributed by atoms with van der Waals surface area (Å²) in [5.41, 5.74) is 5.44. The number of sulfonamides is 1. The van der Waals surface area contributed by atoms with E-state index in [-0.39, 0.29) is 16.9 Å². The van der Waals surface area contributed by atoms with Crippen LogP contribution in [0.1, 0.15) is 12.8 Å². The maximum atomic E-state index is 12.0. The normalized spacial score (nSPS) is 19.3. The number of piperidine rings is 1. The lowest BCUT2D eigenvalue weighted by Crippen LogP contribution is -2.46. The third-order valence-corrected chi connectivity index (χ3v) is 4.64. The molecule has 1 aliphatic heterocycles. The Hall–Kier alpha value is -1.65. The van der Waals surface area contributed by atoms with Gasteiger partial charge in [-0.1, -0.05) is 5.16 Å². The molecule has 112 valence electrons. The third kappa shape index (κ3) is 3.68. The molecular formula is C10H18N6O3S. The summed E-state index contributed by atoms with van der Waals surface area (Å²) >= 11 is 0. The van der Waals surface area contributed by atoms with E-state index >= 15 is 0 Å². The molecule has 0 bridgehead atoms. The number of H-pyrrole nitrogens is 1. The Morgan fingerprint density at radius 2 is 2.30 bits per heavy atom. The predicted octanol–water partition coefficient (Wildman–Crippen LogP) is -1.10. The highest BCUT2D eigenvalue weighted by molar-refractivity contribution is 7.89. The number of likely N-dealkylation sites (tertiary alicyclic amines) is 1. The summed E-state index contributed by atoms with van der Waals surface area (Å²) in [6.45, 7) is 1.76. The van der Waals surface area contributed by atoms with Gasteiger partial charge in [0.05, 0.1) is 12.7 Å². The van der Waals surface area contributed by atoms with Gasteiger partial charge in [0.25, 0.3) is 10.0 Å². The summed E-state index contributed by atoms with van der Waals surface area (Å²) in [5.74, 6) is 0.154. The molecule has 2 heterocycles. The summed E-state index contributed by atoms with van der Waals surface area (Å²) in [6.07, 6.45) is 2.74. The van der Waals surface area contributed by atoms with Crippen molar-refractivity contribution >= 4 is 15.9 Å². The molecule has 0 aromatic carbocycles. The highest BCUT2D eigenvalue weighted by atomic mass is 32.2. The quantitative estimate of drug-likeness (QED) is 0.236. The van der Waals surface area contributed by atoms with Crippen LogP contribution in [0, 0.1) is 0 Å². The van der Waals surface area contributed by atoms with Crippen LogP contribution in [0.25, 0.3) is 0 Å². The van der Waals surface area contributed by atoms with Crippen molar-refractivity contribution in [3.8, 4) is 0 Å². The fourth-order valence-electron chi connectivity index (χ4n) is 2.15. The molecule has 1 aliphatic rings. The van der Waals surface area contributed by atoms with Crippen molar-refractivity contribution in [2.45, 2.75) is 23.9 Å². The molecule has 0 atom stereocenters. The summed E-state index contributed by atoms with van der Waals surface area (Å²) in [5, 5.41) is 17.6. The number of rotatable bonds is 5. The Labute approximate surface area is 116 Å². The maximum absolute atomic E-state index is 12.0. The summed E-state index contributed by atoms with van der Waals surface area (Å²) in [4.78, 5) is 2.01. The average Bonchev–Trinajstić information content (AvgIpc) is 2.95. The van der Waals surface area contributed by atoms with E-state index in [1.807, 2.05) is 4.90 Å². The highest BCUT2D eigenvalue weighted by Gasteiger charge is 2.25. The van der Waals surface area contributed by atoms with Gasteiger partial charge in [0.2, 0.25) is 0 Å². The lowest BCUT2D eigenvalue weighted by Gasteiger charge is -2.31. The van der Waals surface area contributed by atoms with Gasteiger partial charge in [-0.25, -0.2) is 13.1 Å². The van der Waals surface area contributed by atoms with Crippen LogP contribution in [0.4, 0.5) is 0 Å². The molecule has 0 spiro atoms.